The fourth-order valence-corrected chi connectivity index (χ4v) is 5.25. The topological polar surface area (TPSA) is 0 Å². The van der Waals surface area contributed by atoms with Crippen LogP contribution < -0.4 is 0 Å². The van der Waals surface area contributed by atoms with Crippen molar-refractivity contribution in [1.82, 2.24) is 0 Å². The van der Waals surface area contributed by atoms with Crippen LogP contribution >= 0.6 is 11.6 Å². The van der Waals surface area contributed by atoms with E-state index in [-0.39, 0.29) is 0 Å². The van der Waals surface area contributed by atoms with Gasteiger partial charge in [0.1, 0.15) is 0 Å². The Morgan fingerprint density at radius 1 is 0.812 bits per heavy atom. The van der Waals surface area contributed by atoms with E-state index in [1.54, 1.807) is 0 Å². The zero-order valence-corrected chi connectivity index (χ0v) is 11.7. The van der Waals surface area contributed by atoms with Gasteiger partial charge in [-0.3, -0.25) is 0 Å². The van der Waals surface area contributed by atoms with Gasteiger partial charge in [0.15, 0.2) is 0 Å². The fraction of sp³-hybridized carbons (Fsp3) is 1.00. The van der Waals surface area contributed by atoms with Crippen molar-refractivity contribution in [3.63, 3.8) is 0 Å². The Morgan fingerprint density at radius 2 is 1.25 bits per heavy atom. The fourth-order valence-electron chi connectivity index (χ4n) is 3.77. The van der Waals surface area contributed by atoms with E-state index in [0.717, 1.165) is 17.6 Å². The monoisotopic (exact) mass is 238 g/mol. The zero-order valence-electron chi connectivity index (χ0n) is 10.9. The summed E-state index contributed by atoms with van der Waals surface area (Å²) in [4.78, 5) is 0. The summed E-state index contributed by atoms with van der Waals surface area (Å²) in [7, 11) is 0. The minimum absolute atomic E-state index is 1.02. The molecule has 92 valence electrons. The Labute approximate surface area is 106 Å². The maximum Gasteiger partial charge on any atom is 0.215 e. The molecule has 0 bridgehead atoms. The van der Waals surface area contributed by atoms with Crippen LogP contribution in [0.15, 0.2) is 0 Å². The van der Waals surface area contributed by atoms with Crippen molar-refractivity contribution in [3.8, 4) is 0 Å². The van der Waals surface area contributed by atoms with Gasteiger partial charge in [-0.2, -0.15) is 0 Å². The summed E-state index contributed by atoms with van der Waals surface area (Å²) in [5, 5.41) is 0. The highest BCUT2D eigenvalue weighted by Gasteiger charge is 2.34. The van der Waals surface area contributed by atoms with Crippen molar-refractivity contribution in [3.05, 3.63) is 0 Å². The third kappa shape index (κ3) is 3.45. The van der Waals surface area contributed by atoms with Crippen LogP contribution in [-0.4, -0.2) is 11.7 Å². The summed E-state index contributed by atoms with van der Waals surface area (Å²) >= 11 is 2.29. The lowest BCUT2D eigenvalue weighted by Crippen LogP contribution is -2.27. The first kappa shape index (κ1) is 12.9. The number of hydrogen-bond acceptors (Lipinski definition) is 1. The molecule has 0 nitrogen and oxygen atoms in total. The Morgan fingerprint density at radius 3 is 1.62 bits per heavy atom. The van der Waals surface area contributed by atoms with E-state index in [1.165, 1.54) is 70.0 Å². The molecule has 0 saturated heterocycles. The molecule has 2 heteroatoms. The summed E-state index contributed by atoms with van der Waals surface area (Å²) in [5.74, 6) is 4.49. The van der Waals surface area contributed by atoms with Gasteiger partial charge in [-0.1, -0.05) is 82.8 Å². The predicted molar refractivity (Wildman–Crippen MR) is 77.6 cm³/mol. The van der Waals surface area contributed by atoms with Crippen molar-refractivity contribution in [2.75, 3.05) is 5.75 Å². The Hall–Kier alpha value is 0.415. The molecule has 2 aliphatic rings. The van der Waals surface area contributed by atoms with E-state index < -0.39 is 0 Å². The van der Waals surface area contributed by atoms with Crippen LogP contribution in [0.25, 0.3) is 0 Å². The maximum atomic E-state index is 2.35. The SMILES string of the molecule is CCSB(C1CCCCC1)C1CCCCC1. The highest BCUT2D eigenvalue weighted by molar-refractivity contribution is 8.25. The predicted octanol–water partition coefficient (Wildman–Crippen LogP) is 5.40. The van der Waals surface area contributed by atoms with Gasteiger partial charge in [0.25, 0.3) is 0 Å². The molecular weight excluding hydrogens is 211 g/mol. The number of hydrogen-bond donors (Lipinski definition) is 0. The molecule has 2 saturated carbocycles. The molecule has 0 aliphatic heterocycles. The lowest BCUT2D eigenvalue weighted by molar-refractivity contribution is 0.467. The molecule has 0 radical (unpaired) electrons. The highest BCUT2D eigenvalue weighted by atomic mass is 32.2. The van der Waals surface area contributed by atoms with Crippen LogP contribution in [0.1, 0.15) is 71.1 Å². The van der Waals surface area contributed by atoms with Gasteiger partial charge < -0.3 is 0 Å². The Balaban J connectivity index is 1.91. The maximum absolute atomic E-state index is 2.35. The molecule has 2 fully saturated rings. The van der Waals surface area contributed by atoms with Crippen molar-refractivity contribution < 1.29 is 0 Å². The lowest BCUT2D eigenvalue weighted by atomic mass is 9.47. The first-order valence-electron chi connectivity index (χ1n) is 7.53. The second-order valence-corrected chi connectivity index (χ2v) is 7.17. The lowest BCUT2D eigenvalue weighted by Gasteiger charge is -2.34. The first-order chi connectivity index (χ1) is 7.92. The van der Waals surface area contributed by atoms with Crippen LogP contribution in [0.2, 0.25) is 11.6 Å². The minimum Gasteiger partial charge on any atom is -0.210 e. The molecule has 0 heterocycles. The molecule has 0 aromatic heterocycles. The van der Waals surface area contributed by atoms with Gasteiger partial charge in [-0.05, 0) is 5.75 Å². The molecule has 0 spiro atoms. The average Bonchev–Trinajstić information content (AvgIpc) is 2.38. The third-order valence-electron chi connectivity index (χ3n) is 4.59. The molecule has 16 heavy (non-hydrogen) atoms. The van der Waals surface area contributed by atoms with Gasteiger partial charge in [0, 0.05) is 0 Å². The van der Waals surface area contributed by atoms with Crippen LogP contribution in [0, 0.1) is 0 Å². The second-order valence-electron chi connectivity index (χ2n) is 5.72. The van der Waals surface area contributed by atoms with E-state index in [9.17, 15) is 0 Å². The highest BCUT2D eigenvalue weighted by Crippen LogP contribution is 2.45. The van der Waals surface area contributed by atoms with Gasteiger partial charge >= 0.3 is 0 Å². The summed E-state index contributed by atoms with van der Waals surface area (Å²) < 4.78 is 0. The Bertz CT molecular complexity index is 165. The Kier molecular flexibility index (Phi) is 5.61. The molecule has 0 aromatic carbocycles. The van der Waals surface area contributed by atoms with E-state index in [2.05, 4.69) is 18.5 Å². The van der Waals surface area contributed by atoms with Crippen LogP contribution in [0.4, 0.5) is 0 Å². The molecule has 0 unspecified atom stereocenters. The average molecular weight is 238 g/mol. The van der Waals surface area contributed by atoms with Crippen LogP contribution in [-0.2, 0) is 0 Å². The molecule has 0 N–H and O–H groups in total. The summed E-state index contributed by atoms with van der Waals surface area (Å²) in [6, 6.07) is 0. The molecule has 0 atom stereocenters. The quantitative estimate of drug-likeness (QED) is 0.591. The van der Waals surface area contributed by atoms with E-state index in [0.29, 0.717) is 0 Å². The smallest absolute Gasteiger partial charge is 0.210 e. The number of rotatable bonds is 4. The van der Waals surface area contributed by atoms with E-state index >= 15 is 0 Å². The van der Waals surface area contributed by atoms with Crippen LogP contribution in [0.3, 0.4) is 0 Å². The van der Waals surface area contributed by atoms with Gasteiger partial charge in [-0.25, -0.2) is 11.6 Å². The molecular formula is C14H27BS. The molecule has 0 amide bonds. The molecule has 0 aromatic rings. The van der Waals surface area contributed by atoms with E-state index in [1.807, 2.05) is 0 Å². The van der Waals surface area contributed by atoms with Crippen molar-refractivity contribution in [2.45, 2.75) is 82.8 Å². The van der Waals surface area contributed by atoms with Crippen molar-refractivity contribution in [1.29, 1.82) is 0 Å². The minimum atomic E-state index is 1.02. The van der Waals surface area contributed by atoms with Gasteiger partial charge in [0.05, 0.1) is 0 Å². The standard InChI is InChI=1S/C14H27BS/c1-2-16-15(13-9-5-3-6-10-13)14-11-7-4-8-12-14/h13-14H,2-12H2,1H3. The molecule has 2 aliphatic carbocycles. The van der Waals surface area contributed by atoms with Crippen molar-refractivity contribution in [2.24, 2.45) is 0 Å². The third-order valence-corrected chi connectivity index (χ3v) is 6.08. The second kappa shape index (κ2) is 6.98. The van der Waals surface area contributed by atoms with Gasteiger partial charge in [0.2, 0.25) is 5.99 Å². The normalized spacial score (nSPS) is 24.6. The largest absolute Gasteiger partial charge is 0.215 e. The first-order valence-corrected chi connectivity index (χ1v) is 8.58. The van der Waals surface area contributed by atoms with Crippen LogP contribution in [0.5, 0.6) is 0 Å². The summed E-state index contributed by atoms with van der Waals surface area (Å²) in [5.41, 5.74) is 0. The molecule has 2 rings (SSSR count). The van der Waals surface area contributed by atoms with Crippen molar-refractivity contribution >= 4 is 17.6 Å². The summed E-state index contributed by atoms with van der Waals surface area (Å²) in [6.07, 6.45) is 15.2. The zero-order chi connectivity index (χ0) is 11.2. The van der Waals surface area contributed by atoms with E-state index in [4.69, 9.17) is 0 Å². The summed E-state index contributed by atoms with van der Waals surface area (Å²) in [6.45, 7) is 2.35. The van der Waals surface area contributed by atoms with Gasteiger partial charge in [-0.15, -0.1) is 0 Å².